The molecule has 0 radical (unpaired) electrons. The number of nitrogens with two attached hydrogens (primary N) is 2. The average Bonchev–Trinajstić information content (AvgIpc) is 2.47. The minimum Gasteiger partial charge on any atom is -0.387 e. The molecule has 0 unspecified atom stereocenters. The Bertz CT molecular complexity index is 582. The van der Waals surface area contributed by atoms with Crippen molar-refractivity contribution in [2.45, 2.75) is 25.7 Å². The average molecular weight is 294 g/mol. The summed E-state index contributed by atoms with van der Waals surface area (Å²) in [5, 5.41) is 14.6. The molecule has 0 saturated heterocycles. The fourth-order valence-corrected chi connectivity index (χ4v) is 2.38. The Morgan fingerprint density at radius 2 is 0.864 bits per heavy atom. The van der Waals surface area contributed by atoms with Crippen LogP contribution in [0.1, 0.15) is 22.3 Å². The third-order valence-corrected chi connectivity index (χ3v) is 3.54. The van der Waals surface area contributed by atoms with E-state index in [0.29, 0.717) is 12.8 Å². The maximum absolute atomic E-state index is 7.30. The quantitative estimate of drug-likeness (QED) is 0.466. The lowest BCUT2D eigenvalue weighted by atomic mass is 10.0. The van der Waals surface area contributed by atoms with E-state index in [2.05, 4.69) is 24.3 Å². The van der Waals surface area contributed by atoms with Crippen molar-refractivity contribution in [3.05, 3.63) is 70.8 Å². The van der Waals surface area contributed by atoms with Gasteiger partial charge in [-0.3, -0.25) is 10.8 Å². The van der Waals surface area contributed by atoms with Crippen LogP contribution in [-0.2, 0) is 25.7 Å². The standard InChI is InChI=1S/C18H22N4/c19-17(20)11-15-7-3-13(4-8-15)1-2-14-5-9-16(10-6-14)12-18(21)22/h3-10H,1-2,11-12H2,(H3,19,20)(H3,21,22). The Kier molecular flexibility index (Phi) is 5.31. The van der Waals surface area contributed by atoms with Crippen LogP contribution in [0.15, 0.2) is 48.5 Å². The maximum Gasteiger partial charge on any atom is 0.0950 e. The summed E-state index contributed by atoms with van der Waals surface area (Å²) in [6.07, 6.45) is 2.98. The summed E-state index contributed by atoms with van der Waals surface area (Å²) in [6, 6.07) is 16.5. The largest absolute Gasteiger partial charge is 0.387 e. The number of hydrogen-bond donors (Lipinski definition) is 4. The predicted molar refractivity (Wildman–Crippen MR) is 91.5 cm³/mol. The van der Waals surface area contributed by atoms with Crippen LogP contribution in [0, 0.1) is 10.8 Å². The smallest absolute Gasteiger partial charge is 0.0950 e. The zero-order valence-electron chi connectivity index (χ0n) is 12.6. The molecule has 6 N–H and O–H groups in total. The molecule has 0 aliphatic heterocycles. The lowest BCUT2D eigenvalue weighted by Gasteiger charge is -2.06. The molecule has 0 aromatic heterocycles. The summed E-state index contributed by atoms with van der Waals surface area (Å²) in [4.78, 5) is 0. The number of hydrogen-bond acceptors (Lipinski definition) is 2. The van der Waals surface area contributed by atoms with Crippen LogP contribution in [0.25, 0.3) is 0 Å². The molecule has 0 spiro atoms. The summed E-state index contributed by atoms with van der Waals surface area (Å²) < 4.78 is 0. The highest BCUT2D eigenvalue weighted by Gasteiger charge is 2.00. The van der Waals surface area contributed by atoms with Crippen LogP contribution in [0.3, 0.4) is 0 Å². The zero-order valence-corrected chi connectivity index (χ0v) is 12.6. The number of nitrogens with one attached hydrogen (secondary N) is 2. The SMILES string of the molecule is N=C(N)Cc1ccc(CCc2ccc(CC(=N)N)cc2)cc1. The number of amidine groups is 2. The van der Waals surface area contributed by atoms with E-state index in [1.165, 1.54) is 11.1 Å². The van der Waals surface area contributed by atoms with Gasteiger partial charge in [0.1, 0.15) is 0 Å². The highest BCUT2D eigenvalue weighted by molar-refractivity contribution is 5.79. The molecule has 2 rings (SSSR count). The van der Waals surface area contributed by atoms with Gasteiger partial charge in [-0.25, -0.2) is 0 Å². The van der Waals surface area contributed by atoms with Crippen molar-refractivity contribution >= 4 is 11.7 Å². The monoisotopic (exact) mass is 294 g/mol. The summed E-state index contributed by atoms with van der Waals surface area (Å²) >= 11 is 0. The molecular formula is C18H22N4. The summed E-state index contributed by atoms with van der Waals surface area (Å²) in [5.41, 5.74) is 15.5. The molecule has 0 atom stereocenters. The van der Waals surface area contributed by atoms with E-state index in [0.717, 1.165) is 24.0 Å². The van der Waals surface area contributed by atoms with Gasteiger partial charge in [-0.1, -0.05) is 48.5 Å². The van der Waals surface area contributed by atoms with Crippen molar-refractivity contribution in [3.8, 4) is 0 Å². The predicted octanol–water partition coefficient (Wildman–Crippen LogP) is 2.43. The molecule has 2 aromatic carbocycles. The fraction of sp³-hybridized carbons (Fsp3) is 0.222. The van der Waals surface area contributed by atoms with Crippen molar-refractivity contribution in [1.29, 1.82) is 10.8 Å². The van der Waals surface area contributed by atoms with E-state index in [9.17, 15) is 0 Å². The van der Waals surface area contributed by atoms with Crippen molar-refractivity contribution in [2.24, 2.45) is 11.5 Å². The normalized spacial score (nSPS) is 10.4. The number of benzene rings is 2. The maximum atomic E-state index is 7.30. The third kappa shape index (κ3) is 5.05. The van der Waals surface area contributed by atoms with Gasteiger partial charge in [0.2, 0.25) is 0 Å². The van der Waals surface area contributed by atoms with Gasteiger partial charge in [0, 0.05) is 12.8 Å². The van der Waals surface area contributed by atoms with E-state index in [1.54, 1.807) is 0 Å². The molecule has 2 aromatic rings. The van der Waals surface area contributed by atoms with Crippen molar-refractivity contribution in [1.82, 2.24) is 0 Å². The molecule has 0 saturated carbocycles. The second-order valence-corrected chi connectivity index (χ2v) is 5.54. The highest BCUT2D eigenvalue weighted by atomic mass is 14.7. The molecule has 0 aliphatic rings. The summed E-state index contributed by atoms with van der Waals surface area (Å²) in [7, 11) is 0. The van der Waals surface area contributed by atoms with Crippen LogP contribution in [0.2, 0.25) is 0 Å². The van der Waals surface area contributed by atoms with Crippen LogP contribution in [0.4, 0.5) is 0 Å². The molecule has 4 nitrogen and oxygen atoms in total. The Morgan fingerprint density at radius 3 is 1.14 bits per heavy atom. The molecular weight excluding hydrogens is 272 g/mol. The fourth-order valence-electron chi connectivity index (χ4n) is 2.38. The highest BCUT2D eigenvalue weighted by Crippen LogP contribution is 2.11. The molecule has 0 heterocycles. The zero-order chi connectivity index (χ0) is 15.9. The first-order chi connectivity index (χ1) is 10.5. The molecule has 114 valence electrons. The van der Waals surface area contributed by atoms with Crippen molar-refractivity contribution in [3.63, 3.8) is 0 Å². The van der Waals surface area contributed by atoms with E-state index in [1.807, 2.05) is 24.3 Å². The summed E-state index contributed by atoms with van der Waals surface area (Å²) in [6.45, 7) is 0. The van der Waals surface area contributed by atoms with Crippen LogP contribution in [0.5, 0.6) is 0 Å². The minimum atomic E-state index is 0.193. The minimum absolute atomic E-state index is 0.193. The Hall–Kier alpha value is -2.62. The van der Waals surface area contributed by atoms with Crippen LogP contribution in [-0.4, -0.2) is 11.7 Å². The first kappa shape index (κ1) is 15.8. The Balaban J connectivity index is 1.89. The molecule has 22 heavy (non-hydrogen) atoms. The second kappa shape index (κ2) is 7.41. The Labute approximate surface area is 131 Å². The van der Waals surface area contributed by atoms with Crippen LogP contribution < -0.4 is 11.5 Å². The van der Waals surface area contributed by atoms with E-state index >= 15 is 0 Å². The molecule has 0 fully saturated rings. The number of rotatable bonds is 7. The first-order valence-corrected chi connectivity index (χ1v) is 7.34. The molecule has 0 aliphatic carbocycles. The van der Waals surface area contributed by atoms with Gasteiger partial charge in [-0.05, 0) is 35.1 Å². The van der Waals surface area contributed by atoms with Gasteiger partial charge in [0.05, 0.1) is 11.7 Å². The number of aryl methyl sites for hydroxylation is 2. The lowest BCUT2D eigenvalue weighted by molar-refractivity contribution is 0.957. The van der Waals surface area contributed by atoms with Gasteiger partial charge in [-0.15, -0.1) is 0 Å². The molecule has 0 bridgehead atoms. The van der Waals surface area contributed by atoms with Gasteiger partial charge in [0.25, 0.3) is 0 Å². The summed E-state index contributed by atoms with van der Waals surface area (Å²) in [5.74, 6) is 0.386. The third-order valence-electron chi connectivity index (χ3n) is 3.54. The van der Waals surface area contributed by atoms with Crippen LogP contribution >= 0.6 is 0 Å². The Morgan fingerprint density at radius 1 is 0.591 bits per heavy atom. The van der Waals surface area contributed by atoms with Gasteiger partial charge >= 0.3 is 0 Å². The topological polar surface area (TPSA) is 99.7 Å². The molecule has 4 heteroatoms. The lowest BCUT2D eigenvalue weighted by Crippen LogP contribution is -2.12. The van der Waals surface area contributed by atoms with E-state index in [4.69, 9.17) is 22.3 Å². The van der Waals surface area contributed by atoms with E-state index < -0.39 is 0 Å². The van der Waals surface area contributed by atoms with Crippen molar-refractivity contribution in [2.75, 3.05) is 0 Å². The van der Waals surface area contributed by atoms with Crippen molar-refractivity contribution < 1.29 is 0 Å². The van der Waals surface area contributed by atoms with Gasteiger partial charge in [-0.2, -0.15) is 0 Å². The van der Waals surface area contributed by atoms with Gasteiger partial charge < -0.3 is 11.5 Å². The van der Waals surface area contributed by atoms with Gasteiger partial charge in [0.15, 0.2) is 0 Å². The first-order valence-electron chi connectivity index (χ1n) is 7.34. The second-order valence-electron chi connectivity index (χ2n) is 5.54. The van der Waals surface area contributed by atoms with E-state index in [-0.39, 0.29) is 11.7 Å². The molecule has 0 amide bonds.